The molecule has 1 amide bonds. The minimum atomic E-state index is -0.408. The molecule has 0 saturated heterocycles. The molecule has 0 spiro atoms. The Morgan fingerprint density at radius 2 is 1.92 bits per heavy atom. The third-order valence-electron chi connectivity index (χ3n) is 4.79. The molecule has 0 fully saturated rings. The Bertz CT molecular complexity index is 730. The molecule has 2 atom stereocenters. The van der Waals surface area contributed by atoms with Gasteiger partial charge in [0.1, 0.15) is 5.75 Å². The van der Waals surface area contributed by atoms with Crippen LogP contribution in [-0.2, 0) is 11.2 Å². The number of benzene rings is 2. The molecular formula is C21H26N2O2. The van der Waals surface area contributed by atoms with Crippen LogP contribution in [-0.4, -0.2) is 18.6 Å². The summed E-state index contributed by atoms with van der Waals surface area (Å²) in [6.45, 7) is 4.68. The second-order valence-electron chi connectivity index (χ2n) is 6.48. The van der Waals surface area contributed by atoms with Crippen molar-refractivity contribution in [2.24, 2.45) is 5.73 Å². The van der Waals surface area contributed by atoms with E-state index >= 15 is 0 Å². The van der Waals surface area contributed by atoms with Gasteiger partial charge in [0.05, 0.1) is 5.69 Å². The number of amides is 1. The number of nitrogens with zero attached hydrogens (tertiary/aromatic N) is 1. The lowest BCUT2D eigenvalue weighted by molar-refractivity contribution is -0.126. The number of carbonyl (C=O) groups excluding carboxylic acids is 1. The summed E-state index contributed by atoms with van der Waals surface area (Å²) in [5.74, 6) is 0.805. The Balaban J connectivity index is 1.90. The van der Waals surface area contributed by atoms with Crippen molar-refractivity contribution in [3.05, 3.63) is 59.7 Å². The topological polar surface area (TPSA) is 55.6 Å². The molecular weight excluding hydrogens is 312 g/mol. The molecule has 0 radical (unpaired) electrons. The molecule has 2 aromatic carbocycles. The predicted octanol–water partition coefficient (Wildman–Crippen LogP) is 3.84. The lowest BCUT2D eigenvalue weighted by atomic mass is 10.0. The van der Waals surface area contributed by atoms with Crippen molar-refractivity contribution in [3.8, 4) is 5.75 Å². The van der Waals surface area contributed by atoms with E-state index in [1.807, 2.05) is 48.2 Å². The fraction of sp³-hybridized carbons (Fsp3) is 0.381. The van der Waals surface area contributed by atoms with Crippen LogP contribution in [0.4, 0.5) is 5.69 Å². The highest BCUT2D eigenvalue weighted by Crippen LogP contribution is 2.37. The lowest BCUT2D eigenvalue weighted by Crippen LogP contribution is -2.46. The minimum Gasteiger partial charge on any atom is -0.478 e. The molecule has 4 nitrogen and oxygen atoms in total. The Labute approximate surface area is 149 Å². The van der Waals surface area contributed by atoms with E-state index in [1.54, 1.807) is 0 Å². The summed E-state index contributed by atoms with van der Waals surface area (Å²) in [6.07, 6.45) is 1.92. The molecule has 1 heterocycles. The van der Waals surface area contributed by atoms with Crippen molar-refractivity contribution >= 4 is 11.6 Å². The first kappa shape index (κ1) is 17.5. The van der Waals surface area contributed by atoms with Crippen LogP contribution in [0.5, 0.6) is 5.75 Å². The monoisotopic (exact) mass is 338 g/mol. The van der Waals surface area contributed by atoms with Gasteiger partial charge in [-0.3, -0.25) is 4.79 Å². The first-order valence-electron chi connectivity index (χ1n) is 9.05. The summed E-state index contributed by atoms with van der Waals surface area (Å²) in [6, 6.07) is 16.2. The van der Waals surface area contributed by atoms with Gasteiger partial charge in [0.15, 0.2) is 6.10 Å². The molecule has 0 aliphatic carbocycles. The first-order valence-corrected chi connectivity index (χ1v) is 9.05. The van der Waals surface area contributed by atoms with Crippen molar-refractivity contribution in [2.45, 2.75) is 45.3 Å². The number of rotatable bonds is 6. The molecule has 132 valence electrons. The van der Waals surface area contributed by atoms with E-state index in [4.69, 9.17) is 10.5 Å². The highest BCUT2D eigenvalue weighted by atomic mass is 16.5. The van der Waals surface area contributed by atoms with E-state index in [0.29, 0.717) is 13.0 Å². The number of nitrogens with two attached hydrogens (primary N) is 1. The highest BCUT2D eigenvalue weighted by Gasteiger charge is 2.33. The first-order chi connectivity index (χ1) is 12.1. The van der Waals surface area contributed by atoms with Gasteiger partial charge < -0.3 is 15.4 Å². The van der Waals surface area contributed by atoms with Crippen molar-refractivity contribution < 1.29 is 9.53 Å². The minimum absolute atomic E-state index is 0.0275. The van der Waals surface area contributed by atoms with Gasteiger partial charge in [-0.2, -0.15) is 0 Å². The van der Waals surface area contributed by atoms with Crippen LogP contribution in [0, 0.1) is 0 Å². The van der Waals surface area contributed by atoms with Gasteiger partial charge in [0.2, 0.25) is 0 Å². The molecule has 25 heavy (non-hydrogen) atoms. The van der Waals surface area contributed by atoms with Gasteiger partial charge in [0, 0.05) is 12.6 Å². The number of fused-ring (bicyclic) bond motifs is 1. The molecule has 2 aromatic rings. The Hall–Kier alpha value is -2.33. The van der Waals surface area contributed by atoms with Crippen molar-refractivity contribution in [1.29, 1.82) is 0 Å². The number of carbonyl (C=O) groups is 1. The maximum atomic E-state index is 12.9. The number of ether oxygens (including phenoxy) is 1. The summed E-state index contributed by atoms with van der Waals surface area (Å²) in [5.41, 5.74) is 9.28. The molecule has 0 aromatic heterocycles. The molecule has 1 aliphatic heterocycles. The fourth-order valence-electron chi connectivity index (χ4n) is 3.18. The molecule has 0 saturated carbocycles. The zero-order valence-corrected chi connectivity index (χ0v) is 14.9. The van der Waals surface area contributed by atoms with E-state index in [9.17, 15) is 4.79 Å². The Morgan fingerprint density at radius 3 is 2.60 bits per heavy atom. The number of hydrogen-bond donors (Lipinski definition) is 1. The lowest BCUT2D eigenvalue weighted by Gasteiger charge is -2.34. The van der Waals surface area contributed by atoms with Gasteiger partial charge >= 0.3 is 0 Å². The molecule has 3 rings (SSSR count). The maximum absolute atomic E-state index is 12.9. The SMILES string of the molecule is CCC1Oc2ccc(C(N)CC)cc2N(CCc2ccccc2)C1=O. The third kappa shape index (κ3) is 3.69. The molecule has 0 bridgehead atoms. The average Bonchev–Trinajstić information content (AvgIpc) is 2.66. The van der Waals surface area contributed by atoms with Crippen LogP contribution in [0.3, 0.4) is 0 Å². The number of hydrogen-bond acceptors (Lipinski definition) is 3. The van der Waals surface area contributed by atoms with Crippen molar-refractivity contribution in [3.63, 3.8) is 0 Å². The highest BCUT2D eigenvalue weighted by molar-refractivity contribution is 6.00. The van der Waals surface area contributed by atoms with E-state index in [-0.39, 0.29) is 11.9 Å². The largest absolute Gasteiger partial charge is 0.478 e. The smallest absolute Gasteiger partial charge is 0.268 e. The van der Waals surface area contributed by atoms with Gasteiger partial charge in [0.25, 0.3) is 5.91 Å². The summed E-state index contributed by atoms with van der Waals surface area (Å²) in [7, 11) is 0. The summed E-state index contributed by atoms with van der Waals surface area (Å²) < 4.78 is 5.91. The Kier molecular flexibility index (Phi) is 5.39. The van der Waals surface area contributed by atoms with Gasteiger partial charge in [-0.1, -0.05) is 50.2 Å². The van der Waals surface area contributed by atoms with Gasteiger partial charge in [-0.05, 0) is 42.5 Å². The zero-order chi connectivity index (χ0) is 17.8. The van der Waals surface area contributed by atoms with Crippen LogP contribution < -0.4 is 15.4 Å². The normalized spacial score (nSPS) is 17.8. The zero-order valence-electron chi connectivity index (χ0n) is 14.9. The molecule has 2 N–H and O–H groups in total. The standard InChI is InChI=1S/C21H26N2O2/c1-3-17(22)16-10-11-20-18(14-16)23(21(24)19(4-2)25-20)13-12-15-8-6-5-7-9-15/h5-11,14,17,19H,3-4,12-13,22H2,1-2H3. The van der Waals surface area contributed by atoms with E-state index in [2.05, 4.69) is 19.1 Å². The van der Waals surface area contributed by atoms with Gasteiger partial charge in [-0.15, -0.1) is 0 Å². The fourth-order valence-corrected chi connectivity index (χ4v) is 3.18. The summed E-state index contributed by atoms with van der Waals surface area (Å²) >= 11 is 0. The summed E-state index contributed by atoms with van der Waals surface area (Å²) in [5, 5.41) is 0. The Morgan fingerprint density at radius 1 is 1.16 bits per heavy atom. The molecule has 1 aliphatic rings. The number of anilines is 1. The van der Waals surface area contributed by atoms with Crippen LogP contribution >= 0.6 is 0 Å². The molecule has 2 unspecified atom stereocenters. The van der Waals surface area contributed by atoms with Crippen LogP contribution in [0.25, 0.3) is 0 Å². The van der Waals surface area contributed by atoms with Crippen LogP contribution in [0.2, 0.25) is 0 Å². The van der Waals surface area contributed by atoms with Gasteiger partial charge in [-0.25, -0.2) is 0 Å². The quantitative estimate of drug-likeness (QED) is 0.870. The second kappa shape index (κ2) is 7.70. The van der Waals surface area contributed by atoms with E-state index in [1.165, 1.54) is 5.56 Å². The second-order valence-corrected chi connectivity index (χ2v) is 6.48. The van der Waals surface area contributed by atoms with Crippen molar-refractivity contribution in [1.82, 2.24) is 0 Å². The van der Waals surface area contributed by atoms with Crippen LogP contribution in [0.15, 0.2) is 48.5 Å². The maximum Gasteiger partial charge on any atom is 0.268 e. The predicted molar refractivity (Wildman–Crippen MR) is 101 cm³/mol. The average molecular weight is 338 g/mol. The van der Waals surface area contributed by atoms with E-state index < -0.39 is 6.10 Å². The van der Waals surface area contributed by atoms with Crippen molar-refractivity contribution in [2.75, 3.05) is 11.4 Å². The molecule has 4 heteroatoms. The third-order valence-corrected chi connectivity index (χ3v) is 4.79. The van der Waals surface area contributed by atoms with Crippen LogP contribution in [0.1, 0.15) is 43.9 Å². The summed E-state index contributed by atoms with van der Waals surface area (Å²) in [4.78, 5) is 14.7. The van der Waals surface area contributed by atoms with E-state index in [0.717, 1.165) is 29.8 Å².